The third-order valence-corrected chi connectivity index (χ3v) is 2.06. The van der Waals surface area contributed by atoms with Gasteiger partial charge >= 0.3 is 5.97 Å². The van der Waals surface area contributed by atoms with Crippen molar-refractivity contribution in [2.75, 3.05) is 11.3 Å². The molecule has 0 aliphatic carbocycles. The Morgan fingerprint density at radius 2 is 1.93 bits per heavy atom. The van der Waals surface area contributed by atoms with Crippen LogP contribution in [0.2, 0.25) is 0 Å². The molecule has 1 aromatic rings. The maximum absolute atomic E-state index is 11.2. The van der Waals surface area contributed by atoms with Gasteiger partial charge in [-0.25, -0.2) is 13.2 Å². The fourth-order valence-electron chi connectivity index (χ4n) is 1.00. The van der Waals surface area contributed by atoms with Crippen LogP contribution in [0.15, 0.2) is 24.3 Å². The summed E-state index contributed by atoms with van der Waals surface area (Å²) in [6.07, 6.45) is 0. The number of carbonyl (C=O) groups is 1. The van der Waals surface area contributed by atoms with E-state index in [4.69, 9.17) is 4.74 Å². The van der Waals surface area contributed by atoms with E-state index in [0.29, 0.717) is 17.9 Å². The first-order chi connectivity index (χ1) is 7.13. The molecule has 1 N–H and O–H groups in total. The Labute approximate surface area is 89.1 Å². The SMILES string of the molecule is CCOC(=O)c1ccc(N[SH](=O)=O)cc1. The predicted molar refractivity (Wildman–Crippen MR) is 56.3 cm³/mol. The summed E-state index contributed by atoms with van der Waals surface area (Å²) in [5, 5.41) is 0. The standard InChI is InChI=1S/C9H11NO4S/c1-2-14-9(11)7-3-5-8(6-4-7)10-15(12)13/h3-6,15H,2H2,1H3,(H,10,12,13). The maximum atomic E-state index is 11.2. The Bertz CT molecular complexity index is 403. The van der Waals surface area contributed by atoms with E-state index in [1.54, 1.807) is 6.92 Å². The minimum atomic E-state index is -2.67. The second kappa shape index (κ2) is 5.35. The van der Waals surface area contributed by atoms with Crippen molar-refractivity contribution >= 4 is 22.5 Å². The Kier molecular flexibility index (Phi) is 4.11. The van der Waals surface area contributed by atoms with Gasteiger partial charge in [0.1, 0.15) is 0 Å². The molecule has 82 valence electrons. The van der Waals surface area contributed by atoms with Gasteiger partial charge in [-0.2, -0.15) is 0 Å². The summed E-state index contributed by atoms with van der Waals surface area (Å²) in [4.78, 5) is 11.2. The highest BCUT2D eigenvalue weighted by Gasteiger charge is 2.05. The largest absolute Gasteiger partial charge is 0.462 e. The highest BCUT2D eigenvalue weighted by atomic mass is 32.2. The van der Waals surface area contributed by atoms with Crippen LogP contribution in [-0.4, -0.2) is 21.0 Å². The summed E-state index contributed by atoms with van der Waals surface area (Å²) in [5.74, 6) is -0.421. The first kappa shape index (κ1) is 11.5. The highest BCUT2D eigenvalue weighted by Crippen LogP contribution is 2.10. The molecule has 0 aromatic heterocycles. The van der Waals surface area contributed by atoms with Crippen molar-refractivity contribution < 1.29 is 17.9 Å². The molecule has 6 heteroatoms. The zero-order valence-corrected chi connectivity index (χ0v) is 8.99. The summed E-state index contributed by atoms with van der Waals surface area (Å²) in [6.45, 7) is 2.03. The zero-order chi connectivity index (χ0) is 11.3. The first-order valence-electron chi connectivity index (χ1n) is 4.31. The third-order valence-electron chi connectivity index (χ3n) is 1.62. The summed E-state index contributed by atoms with van der Waals surface area (Å²) >= 11 is 0. The average molecular weight is 229 g/mol. The molecule has 0 aliphatic rings. The van der Waals surface area contributed by atoms with Gasteiger partial charge < -0.3 is 4.74 Å². The molecule has 0 fully saturated rings. The molecule has 0 amide bonds. The molecule has 0 heterocycles. The van der Waals surface area contributed by atoms with Gasteiger partial charge in [-0.15, -0.1) is 0 Å². The Balaban J connectivity index is 2.76. The topological polar surface area (TPSA) is 72.5 Å². The lowest BCUT2D eigenvalue weighted by atomic mass is 10.2. The lowest BCUT2D eigenvalue weighted by Gasteiger charge is -2.02. The van der Waals surface area contributed by atoms with Gasteiger partial charge in [0.05, 0.1) is 12.2 Å². The number of anilines is 1. The molecule has 0 bridgehead atoms. The molecular formula is C9H11NO4S. The van der Waals surface area contributed by atoms with Crippen LogP contribution >= 0.6 is 0 Å². The highest BCUT2D eigenvalue weighted by molar-refractivity contribution is 7.73. The molecule has 0 unspecified atom stereocenters. The molecule has 0 radical (unpaired) electrons. The number of carbonyl (C=O) groups excluding carboxylic acids is 1. The maximum Gasteiger partial charge on any atom is 0.338 e. The van der Waals surface area contributed by atoms with Crippen LogP contribution < -0.4 is 4.72 Å². The molecule has 0 aliphatic heterocycles. The second-order valence-corrected chi connectivity index (χ2v) is 3.40. The van der Waals surface area contributed by atoms with Crippen molar-refractivity contribution in [1.29, 1.82) is 0 Å². The van der Waals surface area contributed by atoms with Gasteiger partial charge in [0.25, 0.3) is 0 Å². The van der Waals surface area contributed by atoms with Crippen molar-refractivity contribution in [3.63, 3.8) is 0 Å². The Hall–Kier alpha value is -1.56. The number of hydrogen-bond acceptors (Lipinski definition) is 4. The molecule has 0 saturated carbocycles. The normalized spacial score (nSPS) is 10.0. The molecule has 0 spiro atoms. The Morgan fingerprint density at radius 3 is 2.40 bits per heavy atom. The van der Waals surface area contributed by atoms with Gasteiger partial charge in [-0.05, 0) is 31.2 Å². The lowest BCUT2D eigenvalue weighted by molar-refractivity contribution is 0.0526. The monoisotopic (exact) mass is 229 g/mol. The molecule has 1 rings (SSSR count). The number of nitrogens with one attached hydrogen (secondary N) is 1. The van der Waals surface area contributed by atoms with E-state index < -0.39 is 16.9 Å². The van der Waals surface area contributed by atoms with Crippen LogP contribution in [-0.2, 0) is 15.6 Å². The van der Waals surface area contributed by atoms with E-state index in [1.165, 1.54) is 24.3 Å². The lowest BCUT2D eigenvalue weighted by Crippen LogP contribution is -2.04. The fourth-order valence-corrected chi connectivity index (χ4v) is 1.36. The van der Waals surface area contributed by atoms with Crippen LogP contribution in [0, 0.1) is 0 Å². The Morgan fingerprint density at radius 1 is 1.33 bits per heavy atom. The van der Waals surface area contributed by atoms with Crippen LogP contribution in [0.1, 0.15) is 17.3 Å². The van der Waals surface area contributed by atoms with Gasteiger partial charge in [0.15, 0.2) is 0 Å². The molecule has 0 atom stereocenters. The van der Waals surface area contributed by atoms with Crippen molar-refractivity contribution in [3.8, 4) is 0 Å². The van der Waals surface area contributed by atoms with E-state index in [9.17, 15) is 13.2 Å². The van der Waals surface area contributed by atoms with Crippen molar-refractivity contribution in [2.24, 2.45) is 0 Å². The molecule has 0 saturated heterocycles. The van der Waals surface area contributed by atoms with E-state index in [-0.39, 0.29) is 0 Å². The predicted octanol–water partition coefficient (Wildman–Crippen LogP) is 0.802. The number of thiol groups is 1. The second-order valence-electron chi connectivity index (χ2n) is 2.67. The smallest absolute Gasteiger partial charge is 0.338 e. The van der Waals surface area contributed by atoms with E-state index in [0.717, 1.165) is 0 Å². The molecule has 15 heavy (non-hydrogen) atoms. The number of rotatable bonds is 4. The number of ether oxygens (including phenoxy) is 1. The number of esters is 1. The quantitative estimate of drug-likeness (QED) is 0.591. The van der Waals surface area contributed by atoms with Gasteiger partial charge in [0, 0.05) is 5.69 Å². The van der Waals surface area contributed by atoms with Crippen LogP contribution in [0.3, 0.4) is 0 Å². The summed E-state index contributed by atoms with van der Waals surface area (Å²) in [7, 11) is -2.67. The van der Waals surface area contributed by atoms with Gasteiger partial charge in [0.2, 0.25) is 10.9 Å². The van der Waals surface area contributed by atoms with Crippen LogP contribution in [0.25, 0.3) is 0 Å². The van der Waals surface area contributed by atoms with Crippen molar-refractivity contribution in [3.05, 3.63) is 29.8 Å². The molecular weight excluding hydrogens is 218 g/mol. The molecule has 5 nitrogen and oxygen atoms in total. The van der Waals surface area contributed by atoms with Crippen LogP contribution in [0.4, 0.5) is 5.69 Å². The summed E-state index contributed by atoms with van der Waals surface area (Å²) in [6, 6.07) is 5.99. The summed E-state index contributed by atoms with van der Waals surface area (Å²) in [5.41, 5.74) is 0.808. The van der Waals surface area contributed by atoms with Crippen molar-refractivity contribution in [2.45, 2.75) is 6.92 Å². The van der Waals surface area contributed by atoms with E-state index in [1.807, 2.05) is 0 Å². The average Bonchev–Trinajstić information content (AvgIpc) is 2.18. The van der Waals surface area contributed by atoms with Gasteiger partial charge in [-0.1, -0.05) is 0 Å². The number of benzene rings is 1. The van der Waals surface area contributed by atoms with Crippen LogP contribution in [0.5, 0.6) is 0 Å². The zero-order valence-electron chi connectivity index (χ0n) is 8.10. The fraction of sp³-hybridized carbons (Fsp3) is 0.222. The molecule has 1 aromatic carbocycles. The minimum Gasteiger partial charge on any atom is -0.462 e. The third kappa shape index (κ3) is 3.59. The van der Waals surface area contributed by atoms with Gasteiger partial charge in [-0.3, -0.25) is 4.72 Å². The minimum absolute atomic E-state index is 0.311. The first-order valence-corrected chi connectivity index (χ1v) is 5.49. The van der Waals surface area contributed by atoms with Crippen molar-refractivity contribution in [1.82, 2.24) is 0 Å². The van der Waals surface area contributed by atoms with E-state index >= 15 is 0 Å². The van der Waals surface area contributed by atoms with E-state index in [2.05, 4.69) is 4.72 Å². The number of hydrogen-bond donors (Lipinski definition) is 2. The summed E-state index contributed by atoms with van der Waals surface area (Å²) < 4.78 is 27.6.